The van der Waals surface area contributed by atoms with E-state index >= 15 is 0 Å². The molecule has 0 saturated carbocycles. The zero-order chi connectivity index (χ0) is 26.3. The van der Waals surface area contributed by atoms with E-state index in [4.69, 9.17) is 21.6 Å². The third-order valence-corrected chi connectivity index (χ3v) is 6.52. The van der Waals surface area contributed by atoms with Crippen molar-refractivity contribution in [2.75, 3.05) is 11.4 Å². The molecule has 2 aromatic carbocycles. The largest absolute Gasteiger partial charge is 0.453 e. The Balaban J connectivity index is 1.37. The number of aromatic nitrogens is 4. The lowest BCUT2D eigenvalue weighted by atomic mass is 9.91. The van der Waals surface area contributed by atoms with Gasteiger partial charge in [0.2, 0.25) is 0 Å². The number of nitrogens with zero attached hydrogens (tertiary/aromatic N) is 6. The molecule has 37 heavy (non-hydrogen) atoms. The Morgan fingerprint density at radius 3 is 2.57 bits per heavy atom. The van der Waals surface area contributed by atoms with E-state index in [1.54, 1.807) is 6.07 Å². The molecule has 0 spiro atoms. The first kappa shape index (κ1) is 24.4. The van der Waals surface area contributed by atoms with E-state index in [1.807, 2.05) is 11.8 Å². The Bertz CT molecular complexity index is 1580. The quantitative estimate of drug-likeness (QED) is 0.362. The number of hydrogen-bond acceptors (Lipinski definition) is 6. The lowest BCUT2D eigenvalue weighted by Crippen LogP contribution is -2.54. The van der Waals surface area contributed by atoms with Gasteiger partial charge in [0.1, 0.15) is 28.8 Å². The maximum absolute atomic E-state index is 15.0. The van der Waals surface area contributed by atoms with Crippen LogP contribution in [0.1, 0.15) is 12.5 Å². The highest BCUT2D eigenvalue weighted by atomic mass is 35.5. The Morgan fingerprint density at radius 1 is 1.14 bits per heavy atom. The molecule has 4 aromatic rings. The number of hydrogen-bond donors (Lipinski definition) is 0. The second-order valence-electron chi connectivity index (χ2n) is 8.47. The molecule has 188 valence electrons. The fraction of sp³-hybridized carbons (Fsp3) is 0.200. The molecule has 1 aliphatic heterocycles. The molecule has 1 fully saturated rings. The highest BCUT2D eigenvalue weighted by Gasteiger charge is 2.36. The summed E-state index contributed by atoms with van der Waals surface area (Å²) in [5.41, 5.74) is -0.915. The Hall–Kier alpha value is -4.30. The topological polar surface area (TPSA) is 89.0 Å². The molecule has 3 heterocycles. The fourth-order valence-corrected chi connectivity index (χ4v) is 4.14. The molecule has 12 heteroatoms. The van der Waals surface area contributed by atoms with E-state index in [1.165, 1.54) is 24.4 Å². The van der Waals surface area contributed by atoms with Gasteiger partial charge in [-0.25, -0.2) is 22.9 Å². The average Bonchev–Trinajstić information content (AvgIpc) is 3.23. The van der Waals surface area contributed by atoms with Crippen LogP contribution in [0, 0.1) is 34.7 Å². The molecule has 1 saturated heterocycles. The molecule has 1 aliphatic rings. The lowest BCUT2D eigenvalue weighted by molar-refractivity contribution is 0.381. The summed E-state index contributed by atoms with van der Waals surface area (Å²) in [6.07, 6.45) is 2.50. The highest BCUT2D eigenvalue weighted by Crippen LogP contribution is 2.36. The van der Waals surface area contributed by atoms with Gasteiger partial charge in [0.25, 0.3) is 0 Å². The third-order valence-electron chi connectivity index (χ3n) is 6.24. The SMILES string of the molecule is C[C@H]1[C@H](C#N)CN1c1cc(Oc2ccc(-n3ncn(Cc4c(F)cccc4F)c3=O)cc2F)c(Cl)cn1. The fourth-order valence-electron chi connectivity index (χ4n) is 4.00. The minimum Gasteiger partial charge on any atom is -0.453 e. The zero-order valence-corrected chi connectivity index (χ0v) is 20.0. The maximum atomic E-state index is 15.0. The first-order valence-electron chi connectivity index (χ1n) is 11.1. The number of benzene rings is 2. The molecule has 2 aromatic heterocycles. The second kappa shape index (κ2) is 9.63. The van der Waals surface area contributed by atoms with Gasteiger partial charge in [-0.3, -0.25) is 4.57 Å². The van der Waals surface area contributed by atoms with Gasteiger partial charge < -0.3 is 9.64 Å². The number of rotatable bonds is 6. The maximum Gasteiger partial charge on any atom is 0.350 e. The van der Waals surface area contributed by atoms with Crippen molar-refractivity contribution in [2.24, 2.45) is 5.92 Å². The van der Waals surface area contributed by atoms with Gasteiger partial charge in [-0.1, -0.05) is 17.7 Å². The second-order valence-corrected chi connectivity index (χ2v) is 8.88. The van der Waals surface area contributed by atoms with Crippen LogP contribution in [0.15, 0.2) is 59.8 Å². The minimum absolute atomic E-state index is 0.0319. The summed E-state index contributed by atoms with van der Waals surface area (Å²) in [6, 6.07) is 10.9. The van der Waals surface area contributed by atoms with E-state index < -0.39 is 23.1 Å². The van der Waals surface area contributed by atoms with Gasteiger partial charge in [-0.15, -0.1) is 0 Å². The predicted molar refractivity (Wildman–Crippen MR) is 128 cm³/mol. The summed E-state index contributed by atoms with van der Waals surface area (Å²) < 4.78 is 50.5. The van der Waals surface area contributed by atoms with Crippen LogP contribution in [0.4, 0.5) is 19.0 Å². The molecule has 0 aliphatic carbocycles. The van der Waals surface area contributed by atoms with Gasteiger partial charge in [-0.2, -0.15) is 15.0 Å². The molecular weight excluding hydrogens is 509 g/mol. The van der Waals surface area contributed by atoms with Crippen molar-refractivity contribution in [1.82, 2.24) is 19.3 Å². The van der Waals surface area contributed by atoms with Crippen LogP contribution in [0.25, 0.3) is 5.69 Å². The zero-order valence-electron chi connectivity index (χ0n) is 19.3. The van der Waals surface area contributed by atoms with Crippen molar-refractivity contribution in [3.63, 3.8) is 0 Å². The van der Waals surface area contributed by atoms with Gasteiger partial charge in [0.05, 0.1) is 30.4 Å². The van der Waals surface area contributed by atoms with Gasteiger partial charge in [-0.05, 0) is 31.2 Å². The van der Waals surface area contributed by atoms with Crippen molar-refractivity contribution in [2.45, 2.75) is 19.5 Å². The summed E-state index contributed by atoms with van der Waals surface area (Å²) in [7, 11) is 0. The molecule has 0 bridgehead atoms. The van der Waals surface area contributed by atoms with Gasteiger partial charge in [0, 0.05) is 30.3 Å². The van der Waals surface area contributed by atoms with Crippen molar-refractivity contribution < 1.29 is 17.9 Å². The van der Waals surface area contributed by atoms with Crippen molar-refractivity contribution in [1.29, 1.82) is 5.26 Å². The smallest absolute Gasteiger partial charge is 0.350 e. The molecule has 0 N–H and O–H groups in total. The Kier molecular flexibility index (Phi) is 6.35. The van der Waals surface area contributed by atoms with Crippen LogP contribution in [0.3, 0.4) is 0 Å². The molecule has 2 atom stereocenters. The number of nitriles is 1. The molecule has 8 nitrogen and oxygen atoms in total. The summed E-state index contributed by atoms with van der Waals surface area (Å²) in [4.78, 5) is 18.9. The van der Waals surface area contributed by atoms with Gasteiger partial charge >= 0.3 is 5.69 Å². The Labute approximate surface area is 213 Å². The monoisotopic (exact) mass is 526 g/mol. The number of anilines is 1. The predicted octanol–water partition coefficient (Wildman–Crippen LogP) is 4.69. The van der Waals surface area contributed by atoms with Gasteiger partial charge in [0.15, 0.2) is 17.3 Å². The standard InChI is InChI=1S/C25H18ClF3N6O2/c1-14-15(9-30)11-34(14)24-8-23(18(26)10-31-24)37-22-6-5-16(7-21(22)29)35-25(36)33(13-32-35)12-17-19(27)3-2-4-20(17)28/h2-8,10,13-15H,11-12H2,1H3/t14-,15+/m0/s1. The summed E-state index contributed by atoms with van der Waals surface area (Å²) in [5, 5.41) is 13.2. The molecule has 0 unspecified atom stereocenters. The van der Waals surface area contributed by atoms with E-state index in [9.17, 15) is 18.0 Å². The molecule has 5 rings (SSSR count). The van der Waals surface area contributed by atoms with E-state index in [2.05, 4.69) is 16.2 Å². The van der Waals surface area contributed by atoms with Crippen LogP contribution in [0.2, 0.25) is 5.02 Å². The number of halogens is 4. The third kappa shape index (κ3) is 4.51. The summed E-state index contributed by atoms with van der Waals surface area (Å²) >= 11 is 6.20. The number of pyridine rings is 1. The lowest BCUT2D eigenvalue weighted by Gasteiger charge is -2.43. The van der Waals surface area contributed by atoms with Crippen molar-refractivity contribution in [3.8, 4) is 23.3 Å². The first-order valence-corrected chi connectivity index (χ1v) is 11.5. The Morgan fingerprint density at radius 2 is 1.89 bits per heavy atom. The molecular formula is C25H18ClF3N6O2. The van der Waals surface area contributed by atoms with Crippen LogP contribution in [0.5, 0.6) is 11.5 Å². The van der Waals surface area contributed by atoms with E-state index in [0.717, 1.165) is 33.8 Å². The van der Waals surface area contributed by atoms with E-state index in [-0.39, 0.29) is 46.3 Å². The average molecular weight is 527 g/mol. The molecule has 0 radical (unpaired) electrons. The van der Waals surface area contributed by atoms with E-state index in [0.29, 0.717) is 12.4 Å². The summed E-state index contributed by atoms with van der Waals surface area (Å²) in [6.45, 7) is 2.04. The normalized spacial score (nSPS) is 16.8. The number of ether oxygens (including phenoxy) is 1. The van der Waals surface area contributed by atoms with Crippen LogP contribution >= 0.6 is 11.6 Å². The summed E-state index contributed by atoms with van der Waals surface area (Å²) in [5.74, 6) is -1.94. The molecule has 0 amide bonds. The van der Waals surface area contributed by atoms with Crippen molar-refractivity contribution >= 4 is 17.4 Å². The van der Waals surface area contributed by atoms with Crippen molar-refractivity contribution in [3.05, 3.63) is 93.5 Å². The van der Waals surface area contributed by atoms with Crippen LogP contribution < -0.4 is 15.3 Å². The van der Waals surface area contributed by atoms with Crippen LogP contribution in [-0.4, -0.2) is 31.9 Å². The van der Waals surface area contributed by atoms with Crippen LogP contribution in [-0.2, 0) is 6.54 Å². The first-order chi connectivity index (χ1) is 17.8. The highest BCUT2D eigenvalue weighted by molar-refractivity contribution is 6.32. The minimum atomic E-state index is -0.796.